The highest BCUT2D eigenvalue weighted by atomic mass is 19.3. The SMILES string of the molecule is Cc1cc(C(N)=O)nc(C(F)F)c1F. The molecule has 0 aliphatic rings. The quantitative estimate of drug-likeness (QED) is 0.794. The molecule has 0 fully saturated rings. The lowest BCUT2D eigenvalue weighted by atomic mass is 10.2. The Bertz CT molecular complexity index is 379. The van der Waals surface area contributed by atoms with Gasteiger partial charge < -0.3 is 5.73 Å². The van der Waals surface area contributed by atoms with Crippen molar-refractivity contribution >= 4 is 5.91 Å². The Balaban J connectivity index is 3.35. The second-order valence-corrected chi connectivity index (χ2v) is 2.69. The lowest BCUT2D eigenvalue weighted by Crippen LogP contribution is -2.15. The summed E-state index contributed by atoms with van der Waals surface area (Å²) in [5.74, 6) is -2.07. The highest BCUT2D eigenvalue weighted by molar-refractivity contribution is 5.90. The number of rotatable bonds is 2. The van der Waals surface area contributed by atoms with Crippen molar-refractivity contribution in [3.05, 3.63) is 28.8 Å². The molecule has 0 aliphatic heterocycles. The first-order valence-corrected chi connectivity index (χ1v) is 3.68. The summed E-state index contributed by atoms with van der Waals surface area (Å²) < 4.78 is 37.4. The highest BCUT2D eigenvalue weighted by Crippen LogP contribution is 2.22. The molecule has 0 bridgehead atoms. The fourth-order valence-electron chi connectivity index (χ4n) is 0.952. The molecule has 0 unspecified atom stereocenters. The number of hydrogen-bond acceptors (Lipinski definition) is 2. The van der Waals surface area contributed by atoms with Crippen molar-refractivity contribution in [2.45, 2.75) is 13.3 Å². The van der Waals surface area contributed by atoms with E-state index < -0.39 is 23.8 Å². The predicted octanol–water partition coefficient (Wildman–Crippen LogP) is 1.57. The first-order valence-electron chi connectivity index (χ1n) is 3.68. The molecule has 1 heterocycles. The van der Waals surface area contributed by atoms with Crippen LogP contribution in [0.25, 0.3) is 0 Å². The molecule has 0 atom stereocenters. The first-order chi connectivity index (χ1) is 6.43. The molecule has 1 aromatic rings. The molecule has 1 amide bonds. The zero-order valence-corrected chi connectivity index (χ0v) is 7.22. The fourth-order valence-corrected chi connectivity index (χ4v) is 0.952. The highest BCUT2D eigenvalue weighted by Gasteiger charge is 2.19. The van der Waals surface area contributed by atoms with E-state index in [1.54, 1.807) is 0 Å². The van der Waals surface area contributed by atoms with Crippen LogP contribution in [0.3, 0.4) is 0 Å². The van der Waals surface area contributed by atoms with Crippen molar-refractivity contribution in [2.75, 3.05) is 0 Å². The van der Waals surface area contributed by atoms with E-state index in [1.165, 1.54) is 6.92 Å². The van der Waals surface area contributed by atoms with Crippen LogP contribution < -0.4 is 5.73 Å². The van der Waals surface area contributed by atoms with Crippen LogP contribution in [0, 0.1) is 12.7 Å². The number of primary amides is 1. The van der Waals surface area contributed by atoms with Crippen molar-refractivity contribution < 1.29 is 18.0 Å². The minimum absolute atomic E-state index is 0.0795. The first kappa shape index (κ1) is 10.5. The number of halogens is 3. The zero-order valence-electron chi connectivity index (χ0n) is 7.22. The Kier molecular flexibility index (Phi) is 2.73. The largest absolute Gasteiger partial charge is 0.364 e. The molecule has 0 radical (unpaired) electrons. The average molecular weight is 204 g/mol. The molecule has 0 aromatic carbocycles. The number of alkyl halides is 2. The Morgan fingerprint density at radius 1 is 1.57 bits per heavy atom. The molecule has 2 N–H and O–H groups in total. The van der Waals surface area contributed by atoms with Gasteiger partial charge in [-0.1, -0.05) is 0 Å². The van der Waals surface area contributed by atoms with Crippen LogP contribution in [0.1, 0.15) is 28.2 Å². The molecule has 6 heteroatoms. The third kappa shape index (κ3) is 1.84. The standard InChI is InChI=1S/C8H7F3N2O/c1-3-2-4(8(12)14)13-6(5(3)9)7(10)11/h2,7H,1H3,(H2,12,14). The van der Waals surface area contributed by atoms with E-state index >= 15 is 0 Å². The number of aryl methyl sites for hydroxylation is 1. The van der Waals surface area contributed by atoms with E-state index in [4.69, 9.17) is 5.73 Å². The normalized spacial score (nSPS) is 10.6. The van der Waals surface area contributed by atoms with Crippen molar-refractivity contribution in [3.8, 4) is 0 Å². The molecule has 1 rings (SSSR count). The van der Waals surface area contributed by atoms with E-state index in [9.17, 15) is 18.0 Å². The molecule has 76 valence electrons. The summed E-state index contributed by atoms with van der Waals surface area (Å²) in [6, 6.07) is 1.03. The maximum absolute atomic E-state index is 13.0. The predicted molar refractivity (Wildman–Crippen MR) is 42.4 cm³/mol. The summed E-state index contributed by atoms with van der Waals surface area (Å²) >= 11 is 0. The number of pyridine rings is 1. The zero-order chi connectivity index (χ0) is 10.9. The summed E-state index contributed by atoms with van der Waals surface area (Å²) in [6.07, 6.45) is -3.06. The van der Waals surface area contributed by atoms with E-state index in [-0.39, 0.29) is 11.3 Å². The second kappa shape index (κ2) is 3.65. The van der Waals surface area contributed by atoms with Crippen molar-refractivity contribution in [1.29, 1.82) is 0 Å². The van der Waals surface area contributed by atoms with Gasteiger partial charge in [-0.15, -0.1) is 0 Å². The van der Waals surface area contributed by atoms with Crippen LogP contribution in [0.15, 0.2) is 6.07 Å². The number of nitrogens with two attached hydrogens (primary N) is 1. The van der Waals surface area contributed by atoms with Gasteiger partial charge in [0, 0.05) is 0 Å². The molecule has 14 heavy (non-hydrogen) atoms. The summed E-state index contributed by atoms with van der Waals surface area (Å²) in [5.41, 5.74) is 3.35. The van der Waals surface area contributed by atoms with Gasteiger partial charge in [0.25, 0.3) is 12.3 Å². The minimum atomic E-state index is -3.06. The van der Waals surface area contributed by atoms with Gasteiger partial charge in [-0.25, -0.2) is 18.2 Å². The lowest BCUT2D eigenvalue weighted by Gasteiger charge is -2.05. The fraction of sp³-hybridized carbons (Fsp3) is 0.250. The van der Waals surface area contributed by atoms with Crippen molar-refractivity contribution in [1.82, 2.24) is 4.98 Å². The molecule has 1 aromatic heterocycles. The molecule has 3 nitrogen and oxygen atoms in total. The van der Waals surface area contributed by atoms with Gasteiger partial charge in [0.1, 0.15) is 11.4 Å². The van der Waals surface area contributed by atoms with Crippen LogP contribution in [0.4, 0.5) is 13.2 Å². The summed E-state index contributed by atoms with van der Waals surface area (Å²) in [6.45, 7) is 1.26. The average Bonchev–Trinajstić information content (AvgIpc) is 2.08. The van der Waals surface area contributed by atoms with Gasteiger partial charge in [-0.05, 0) is 18.6 Å². The number of carbonyl (C=O) groups is 1. The maximum Gasteiger partial charge on any atom is 0.283 e. The van der Waals surface area contributed by atoms with Crippen molar-refractivity contribution in [2.24, 2.45) is 5.73 Å². The van der Waals surface area contributed by atoms with Gasteiger partial charge in [0.2, 0.25) is 0 Å². The number of carbonyl (C=O) groups excluding carboxylic acids is 1. The minimum Gasteiger partial charge on any atom is -0.364 e. The van der Waals surface area contributed by atoms with Crippen LogP contribution in [0.2, 0.25) is 0 Å². The Morgan fingerprint density at radius 2 is 2.14 bits per heavy atom. The smallest absolute Gasteiger partial charge is 0.283 e. The third-order valence-corrected chi connectivity index (χ3v) is 1.62. The number of nitrogens with zero attached hydrogens (tertiary/aromatic N) is 1. The van der Waals surface area contributed by atoms with Gasteiger partial charge in [0.15, 0.2) is 5.82 Å². The number of hydrogen-bond donors (Lipinski definition) is 1. The molecular formula is C8H7F3N2O. The van der Waals surface area contributed by atoms with E-state index in [1.807, 2.05) is 0 Å². The van der Waals surface area contributed by atoms with Crippen LogP contribution in [-0.4, -0.2) is 10.9 Å². The Labute approximate surface area is 77.7 Å². The van der Waals surface area contributed by atoms with Gasteiger partial charge in [-0.2, -0.15) is 0 Å². The topological polar surface area (TPSA) is 56.0 Å². The monoisotopic (exact) mass is 204 g/mol. The second-order valence-electron chi connectivity index (χ2n) is 2.69. The van der Waals surface area contributed by atoms with Crippen LogP contribution in [0.5, 0.6) is 0 Å². The summed E-state index contributed by atoms with van der Waals surface area (Å²) in [4.78, 5) is 13.8. The van der Waals surface area contributed by atoms with Crippen molar-refractivity contribution in [3.63, 3.8) is 0 Å². The molecule has 0 spiro atoms. The summed E-state index contributed by atoms with van der Waals surface area (Å²) in [5, 5.41) is 0. The molecule has 0 aliphatic carbocycles. The molecule has 0 saturated heterocycles. The Morgan fingerprint density at radius 3 is 2.57 bits per heavy atom. The van der Waals surface area contributed by atoms with E-state index in [0.717, 1.165) is 6.07 Å². The number of aromatic nitrogens is 1. The van der Waals surface area contributed by atoms with E-state index in [0.29, 0.717) is 0 Å². The number of amides is 1. The van der Waals surface area contributed by atoms with Crippen LogP contribution >= 0.6 is 0 Å². The van der Waals surface area contributed by atoms with Gasteiger partial charge in [-0.3, -0.25) is 4.79 Å². The molecular weight excluding hydrogens is 197 g/mol. The maximum atomic E-state index is 13.0. The van der Waals surface area contributed by atoms with Gasteiger partial charge >= 0.3 is 0 Å². The lowest BCUT2D eigenvalue weighted by molar-refractivity contribution is 0.0992. The van der Waals surface area contributed by atoms with E-state index in [2.05, 4.69) is 4.98 Å². The molecule has 0 saturated carbocycles. The summed E-state index contributed by atoms with van der Waals surface area (Å²) in [7, 11) is 0. The van der Waals surface area contributed by atoms with Gasteiger partial charge in [0.05, 0.1) is 0 Å². The third-order valence-electron chi connectivity index (χ3n) is 1.62. The van der Waals surface area contributed by atoms with Crippen LogP contribution in [-0.2, 0) is 0 Å². The Hall–Kier alpha value is -1.59.